The van der Waals surface area contributed by atoms with Gasteiger partial charge in [0, 0.05) is 17.7 Å². The minimum Gasteiger partial charge on any atom is -0.473 e. The van der Waals surface area contributed by atoms with Gasteiger partial charge in [-0.15, -0.1) is 0 Å². The molecule has 0 aliphatic heterocycles. The Hall–Kier alpha value is -1.69. The second kappa shape index (κ2) is 5.30. The molecule has 0 amide bonds. The Kier molecular flexibility index (Phi) is 3.76. The van der Waals surface area contributed by atoms with Crippen LogP contribution in [0.1, 0.15) is 31.2 Å². The quantitative estimate of drug-likeness (QED) is 0.654. The summed E-state index contributed by atoms with van der Waals surface area (Å²) in [5.41, 5.74) is 6.54. The average Bonchev–Trinajstić information content (AvgIpc) is 2.32. The van der Waals surface area contributed by atoms with Gasteiger partial charge in [0.05, 0.1) is 4.92 Å². The van der Waals surface area contributed by atoms with Crippen LogP contribution in [0.4, 0.5) is 5.69 Å². The van der Waals surface area contributed by atoms with Crippen LogP contribution in [-0.2, 0) is 0 Å². The van der Waals surface area contributed by atoms with E-state index in [2.05, 4.69) is 4.98 Å². The maximum Gasteiger partial charge on any atom is 0.290 e. The van der Waals surface area contributed by atoms with Crippen LogP contribution in [0.25, 0.3) is 0 Å². The number of nitrogens with zero attached hydrogens (tertiary/aromatic N) is 2. The zero-order valence-electron chi connectivity index (χ0n) is 10.3. The lowest BCUT2D eigenvalue weighted by molar-refractivity contribution is -0.385. The van der Waals surface area contributed by atoms with Crippen LogP contribution >= 0.6 is 0 Å². The summed E-state index contributed by atoms with van der Waals surface area (Å²) in [5, 5.41) is 10.7. The van der Waals surface area contributed by atoms with Crippen LogP contribution in [0.3, 0.4) is 0 Å². The lowest BCUT2D eigenvalue weighted by atomic mass is 9.93. The van der Waals surface area contributed by atoms with Crippen molar-refractivity contribution in [3.63, 3.8) is 0 Å². The SMILES string of the molecule is Cc1cc(OC2CCCCC2N)ncc1[N+](=O)[O-]. The number of hydrogen-bond acceptors (Lipinski definition) is 5. The van der Waals surface area contributed by atoms with Gasteiger partial charge in [-0.05, 0) is 26.2 Å². The summed E-state index contributed by atoms with van der Waals surface area (Å²) >= 11 is 0. The molecule has 1 heterocycles. The summed E-state index contributed by atoms with van der Waals surface area (Å²) < 4.78 is 5.72. The van der Waals surface area contributed by atoms with E-state index in [0.717, 1.165) is 25.7 Å². The van der Waals surface area contributed by atoms with Crippen LogP contribution in [0.5, 0.6) is 5.88 Å². The van der Waals surface area contributed by atoms with E-state index in [4.69, 9.17) is 10.5 Å². The molecule has 6 heteroatoms. The number of aryl methyl sites for hydroxylation is 1. The molecule has 1 saturated carbocycles. The number of hydrogen-bond donors (Lipinski definition) is 1. The minimum atomic E-state index is -0.446. The average molecular weight is 251 g/mol. The van der Waals surface area contributed by atoms with Crippen molar-refractivity contribution in [2.24, 2.45) is 5.73 Å². The molecular weight excluding hydrogens is 234 g/mol. The topological polar surface area (TPSA) is 91.3 Å². The second-order valence-electron chi connectivity index (χ2n) is 4.67. The summed E-state index contributed by atoms with van der Waals surface area (Å²) in [4.78, 5) is 14.2. The number of nitrogens with two attached hydrogens (primary N) is 1. The van der Waals surface area contributed by atoms with E-state index in [1.54, 1.807) is 13.0 Å². The van der Waals surface area contributed by atoms with Crippen molar-refractivity contribution in [1.29, 1.82) is 0 Å². The zero-order chi connectivity index (χ0) is 13.1. The summed E-state index contributed by atoms with van der Waals surface area (Å²) in [6.07, 6.45) is 5.30. The molecule has 98 valence electrons. The fourth-order valence-corrected chi connectivity index (χ4v) is 2.21. The number of nitro groups is 1. The van der Waals surface area contributed by atoms with Crippen LogP contribution in [0, 0.1) is 17.0 Å². The normalized spacial score (nSPS) is 23.7. The Morgan fingerprint density at radius 3 is 2.83 bits per heavy atom. The fourth-order valence-electron chi connectivity index (χ4n) is 2.21. The van der Waals surface area contributed by atoms with Gasteiger partial charge in [-0.3, -0.25) is 10.1 Å². The number of ether oxygens (including phenoxy) is 1. The largest absolute Gasteiger partial charge is 0.473 e. The fraction of sp³-hybridized carbons (Fsp3) is 0.583. The van der Waals surface area contributed by atoms with Gasteiger partial charge in [-0.25, -0.2) is 4.98 Å². The van der Waals surface area contributed by atoms with Crippen molar-refractivity contribution in [2.45, 2.75) is 44.8 Å². The highest BCUT2D eigenvalue weighted by Gasteiger charge is 2.24. The Morgan fingerprint density at radius 1 is 1.50 bits per heavy atom. The monoisotopic (exact) mass is 251 g/mol. The first-order valence-corrected chi connectivity index (χ1v) is 6.11. The van der Waals surface area contributed by atoms with Gasteiger partial charge >= 0.3 is 0 Å². The molecule has 1 aliphatic rings. The lowest BCUT2D eigenvalue weighted by Gasteiger charge is -2.28. The van der Waals surface area contributed by atoms with E-state index >= 15 is 0 Å². The van der Waals surface area contributed by atoms with E-state index in [9.17, 15) is 10.1 Å². The van der Waals surface area contributed by atoms with Crippen molar-refractivity contribution < 1.29 is 9.66 Å². The molecule has 1 aromatic heterocycles. The third-order valence-corrected chi connectivity index (χ3v) is 3.28. The van der Waals surface area contributed by atoms with E-state index in [0.29, 0.717) is 11.4 Å². The first-order valence-electron chi connectivity index (χ1n) is 6.11. The molecule has 2 unspecified atom stereocenters. The highest BCUT2D eigenvalue weighted by Crippen LogP contribution is 2.24. The minimum absolute atomic E-state index is 0.00953. The van der Waals surface area contributed by atoms with Crippen molar-refractivity contribution in [3.05, 3.63) is 27.9 Å². The molecule has 2 N–H and O–H groups in total. The van der Waals surface area contributed by atoms with E-state index < -0.39 is 4.92 Å². The molecule has 0 aromatic carbocycles. The lowest BCUT2D eigenvalue weighted by Crippen LogP contribution is -2.41. The predicted octanol–water partition coefficient (Wildman–Crippen LogP) is 1.95. The molecule has 1 aliphatic carbocycles. The molecule has 1 fully saturated rings. The van der Waals surface area contributed by atoms with Crippen LogP contribution < -0.4 is 10.5 Å². The molecule has 0 bridgehead atoms. The van der Waals surface area contributed by atoms with Crippen molar-refractivity contribution in [3.8, 4) is 5.88 Å². The molecule has 6 nitrogen and oxygen atoms in total. The third-order valence-electron chi connectivity index (χ3n) is 3.28. The molecule has 0 saturated heterocycles. The van der Waals surface area contributed by atoms with Crippen molar-refractivity contribution >= 4 is 5.69 Å². The van der Waals surface area contributed by atoms with Crippen molar-refractivity contribution in [1.82, 2.24) is 4.98 Å². The maximum absolute atomic E-state index is 10.7. The molecule has 1 aromatic rings. The predicted molar refractivity (Wildman–Crippen MR) is 66.5 cm³/mol. The number of pyridine rings is 1. The number of rotatable bonds is 3. The third kappa shape index (κ3) is 2.76. The second-order valence-corrected chi connectivity index (χ2v) is 4.67. The summed E-state index contributed by atoms with van der Waals surface area (Å²) in [6, 6.07) is 1.62. The van der Waals surface area contributed by atoms with Crippen LogP contribution in [0.2, 0.25) is 0 Å². The van der Waals surface area contributed by atoms with Gasteiger partial charge in [0.1, 0.15) is 12.3 Å². The highest BCUT2D eigenvalue weighted by atomic mass is 16.6. The van der Waals surface area contributed by atoms with Gasteiger partial charge in [0.25, 0.3) is 5.69 Å². The van der Waals surface area contributed by atoms with Gasteiger partial charge in [0.15, 0.2) is 0 Å². The van der Waals surface area contributed by atoms with Crippen molar-refractivity contribution in [2.75, 3.05) is 0 Å². The molecule has 2 rings (SSSR count). The Morgan fingerprint density at radius 2 is 2.22 bits per heavy atom. The van der Waals surface area contributed by atoms with Crippen LogP contribution in [-0.4, -0.2) is 22.1 Å². The molecule has 0 radical (unpaired) electrons. The molecule has 0 spiro atoms. The van der Waals surface area contributed by atoms with E-state index in [1.165, 1.54) is 6.20 Å². The van der Waals surface area contributed by atoms with Crippen LogP contribution in [0.15, 0.2) is 12.3 Å². The first-order chi connectivity index (χ1) is 8.58. The standard InChI is InChI=1S/C12H17N3O3/c1-8-6-12(14-7-10(8)15(16)17)18-11-5-3-2-4-9(11)13/h6-7,9,11H,2-5,13H2,1H3. The summed E-state index contributed by atoms with van der Waals surface area (Å²) in [7, 11) is 0. The zero-order valence-corrected chi connectivity index (χ0v) is 10.3. The summed E-state index contributed by atoms with van der Waals surface area (Å²) in [6.45, 7) is 1.67. The van der Waals surface area contributed by atoms with E-state index in [1.807, 2.05) is 0 Å². The maximum atomic E-state index is 10.7. The highest BCUT2D eigenvalue weighted by molar-refractivity contribution is 5.39. The van der Waals surface area contributed by atoms with Gasteiger partial charge in [-0.1, -0.05) is 6.42 Å². The van der Waals surface area contributed by atoms with Gasteiger partial charge in [0.2, 0.25) is 5.88 Å². The van der Waals surface area contributed by atoms with Gasteiger partial charge in [-0.2, -0.15) is 0 Å². The Balaban J connectivity index is 2.10. The smallest absolute Gasteiger partial charge is 0.290 e. The van der Waals surface area contributed by atoms with E-state index in [-0.39, 0.29) is 17.8 Å². The first kappa shape index (κ1) is 12.8. The Bertz CT molecular complexity index is 450. The number of aromatic nitrogens is 1. The Labute approximate surface area is 105 Å². The summed E-state index contributed by atoms with van der Waals surface area (Å²) in [5.74, 6) is 0.417. The molecule has 18 heavy (non-hydrogen) atoms. The molecular formula is C12H17N3O3. The van der Waals surface area contributed by atoms with Gasteiger partial charge < -0.3 is 10.5 Å². The molecule has 2 atom stereocenters.